The van der Waals surface area contributed by atoms with Crippen molar-refractivity contribution in [2.45, 2.75) is 25.5 Å². The van der Waals surface area contributed by atoms with Crippen molar-refractivity contribution in [1.29, 1.82) is 0 Å². The van der Waals surface area contributed by atoms with Crippen LogP contribution in [0.5, 0.6) is 11.5 Å². The molecule has 0 spiro atoms. The van der Waals surface area contributed by atoms with E-state index >= 15 is 0 Å². The number of nitro benzene ring substituents is 1. The molecule has 230 valence electrons. The van der Waals surface area contributed by atoms with Crippen LogP contribution in [0.4, 0.5) is 5.69 Å². The quantitative estimate of drug-likeness (QED) is 0.128. The first kappa shape index (κ1) is 30.3. The summed E-state index contributed by atoms with van der Waals surface area (Å²) >= 11 is 8.55. The zero-order valence-electron chi connectivity index (χ0n) is 24.4. The van der Waals surface area contributed by atoms with E-state index in [1.54, 1.807) is 19.2 Å². The summed E-state index contributed by atoms with van der Waals surface area (Å²) in [5.74, 6) is 1.27. The lowest BCUT2D eigenvalue weighted by atomic mass is 9.83. The number of benzene rings is 4. The number of nitro groups is 1. The topological polar surface area (TPSA) is 96.0 Å². The molecule has 5 aromatic rings. The lowest BCUT2D eigenvalue weighted by Crippen LogP contribution is -2.38. The van der Waals surface area contributed by atoms with Gasteiger partial charge in [0, 0.05) is 27.7 Å². The third kappa shape index (κ3) is 5.63. The van der Waals surface area contributed by atoms with Crippen molar-refractivity contribution in [2.24, 2.45) is 4.99 Å². The van der Waals surface area contributed by atoms with Gasteiger partial charge in [0.15, 0.2) is 4.80 Å². The van der Waals surface area contributed by atoms with Crippen molar-refractivity contribution in [3.05, 3.63) is 157 Å². The van der Waals surface area contributed by atoms with Crippen LogP contribution in [0.2, 0.25) is 0 Å². The first-order valence-corrected chi connectivity index (χ1v) is 16.8. The van der Waals surface area contributed by atoms with Crippen molar-refractivity contribution in [2.75, 3.05) is 7.11 Å². The second-order valence-corrected chi connectivity index (χ2v) is 13.7. The summed E-state index contributed by atoms with van der Waals surface area (Å²) in [6.07, 6.45) is 3.50. The van der Waals surface area contributed by atoms with E-state index in [1.165, 1.54) is 29.0 Å². The smallest absolute Gasteiger partial charge is 0.271 e. The van der Waals surface area contributed by atoms with Crippen LogP contribution in [0.1, 0.15) is 40.3 Å². The van der Waals surface area contributed by atoms with E-state index in [0.717, 1.165) is 51.0 Å². The van der Waals surface area contributed by atoms with Crippen LogP contribution in [-0.2, 0) is 13.0 Å². The molecule has 0 radical (unpaired) electrons. The summed E-state index contributed by atoms with van der Waals surface area (Å²) < 4.78 is 15.6. The number of non-ortho nitro benzene ring substituents is 1. The minimum Gasteiger partial charge on any atom is -0.497 e. The molecule has 0 saturated heterocycles. The number of rotatable bonds is 7. The highest BCUT2D eigenvalue weighted by molar-refractivity contribution is 9.11. The van der Waals surface area contributed by atoms with Crippen LogP contribution in [-0.4, -0.2) is 16.6 Å². The van der Waals surface area contributed by atoms with Gasteiger partial charge in [-0.1, -0.05) is 63.7 Å². The highest BCUT2D eigenvalue weighted by atomic mass is 79.9. The maximum Gasteiger partial charge on any atom is 0.271 e. The predicted octanol–water partition coefficient (Wildman–Crippen LogP) is 7.34. The van der Waals surface area contributed by atoms with E-state index in [0.29, 0.717) is 25.1 Å². The molecule has 0 fully saturated rings. The van der Waals surface area contributed by atoms with Crippen molar-refractivity contribution in [3.8, 4) is 11.5 Å². The summed E-state index contributed by atoms with van der Waals surface area (Å²) in [7, 11) is 1.64. The Morgan fingerprint density at radius 2 is 1.85 bits per heavy atom. The molecule has 8 nitrogen and oxygen atoms in total. The summed E-state index contributed by atoms with van der Waals surface area (Å²) in [6.45, 7) is 0.183. The van der Waals surface area contributed by atoms with Crippen LogP contribution >= 0.6 is 43.2 Å². The molecule has 0 saturated carbocycles. The number of ether oxygens (including phenoxy) is 2. The van der Waals surface area contributed by atoms with Gasteiger partial charge in [-0.3, -0.25) is 19.5 Å². The standard InChI is InChI=1S/C35H25Br2N3O5S/c1-44-26-7-4-6-22(16-26)32-28-14-11-21-5-2-3-8-27(21)31(28)38-35-39(32)34(41)30(46-35)17-23-15-24(36)18-29(37)33(23)45-19-20-9-12-25(13-10-20)40(42)43/h2-10,12-13,15-18,32H,11,14,19H2,1H3/b30-17+/t32-/m0/s1. The molecule has 46 heavy (non-hydrogen) atoms. The van der Waals surface area contributed by atoms with Gasteiger partial charge in [-0.15, -0.1) is 0 Å². The average molecular weight is 759 g/mol. The van der Waals surface area contributed by atoms with E-state index in [2.05, 4.69) is 50.1 Å². The molecule has 4 aromatic carbocycles. The second-order valence-electron chi connectivity index (χ2n) is 10.9. The van der Waals surface area contributed by atoms with E-state index in [1.807, 2.05) is 53.1 Å². The zero-order valence-corrected chi connectivity index (χ0v) is 28.4. The number of allylic oxidation sites excluding steroid dienone is 1. The third-order valence-corrected chi connectivity index (χ3v) is 10.2. The summed E-state index contributed by atoms with van der Waals surface area (Å²) in [5, 5.41) is 11.1. The lowest BCUT2D eigenvalue weighted by molar-refractivity contribution is -0.384. The average Bonchev–Trinajstić information content (AvgIpc) is 3.37. The summed E-state index contributed by atoms with van der Waals surface area (Å²) in [4.78, 5) is 30.7. The Hall–Kier alpha value is -4.32. The number of nitrogens with zero attached hydrogens (tertiary/aromatic N) is 3. The summed E-state index contributed by atoms with van der Waals surface area (Å²) in [5.41, 5.74) is 6.71. The molecule has 2 aliphatic rings. The fourth-order valence-corrected chi connectivity index (χ4v) is 8.35. The number of hydrogen-bond donors (Lipinski definition) is 0. The van der Waals surface area contributed by atoms with Crippen molar-refractivity contribution in [1.82, 2.24) is 4.57 Å². The number of halogens is 2. The van der Waals surface area contributed by atoms with Crippen molar-refractivity contribution in [3.63, 3.8) is 0 Å². The van der Waals surface area contributed by atoms with E-state index in [9.17, 15) is 14.9 Å². The largest absolute Gasteiger partial charge is 0.497 e. The Kier molecular flexibility index (Phi) is 8.22. The molecular weight excluding hydrogens is 734 g/mol. The molecule has 0 bridgehead atoms. The van der Waals surface area contributed by atoms with Gasteiger partial charge in [0.1, 0.15) is 18.1 Å². The predicted molar refractivity (Wildman–Crippen MR) is 185 cm³/mol. The SMILES string of the molecule is COc1cccc([C@H]2C3=C(N=c4s/c(=C/c5cc(Br)cc(Br)c5OCc5ccc([N+](=O)[O-])cc5)c(=O)n42)c2ccccc2CC3)c1. The van der Waals surface area contributed by atoms with Gasteiger partial charge < -0.3 is 9.47 Å². The molecule has 1 aliphatic heterocycles. The number of fused-ring (bicyclic) bond motifs is 3. The lowest BCUT2D eigenvalue weighted by Gasteiger charge is -2.31. The normalized spacial score (nSPS) is 15.5. The minimum atomic E-state index is -0.433. The monoisotopic (exact) mass is 757 g/mol. The Labute approximate surface area is 284 Å². The fourth-order valence-electron chi connectivity index (χ4n) is 5.98. The van der Waals surface area contributed by atoms with Gasteiger partial charge in [0.05, 0.1) is 32.8 Å². The Bertz CT molecular complexity index is 2240. The molecule has 1 atom stereocenters. The molecule has 0 amide bonds. The maximum absolute atomic E-state index is 14.3. The van der Waals surface area contributed by atoms with Crippen LogP contribution in [0.15, 0.2) is 109 Å². The first-order valence-electron chi connectivity index (χ1n) is 14.4. The molecule has 11 heteroatoms. The van der Waals surface area contributed by atoms with E-state index in [4.69, 9.17) is 14.5 Å². The number of aromatic nitrogens is 1. The molecule has 1 aromatic heterocycles. The Balaban J connectivity index is 1.36. The van der Waals surface area contributed by atoms with Gasteiger partial charge >= 0.3 is 0 Å². The maximum atomic E-state index is 14.3. The van der Waals surface area contributed by atoms with Crippen LogP contribution in [0, 0.1) is 10.1 Å². The van der Waals surface area contributed by atoms with Crippen LogP contribution < -0.4 is 24.4 Å². The van der Waals surface area contributed by atoms with Gasteiger partial charge in [0.2, 0.25) is 0 Å². The van der Waals surface area contributed by atoms with Crippen molar-refractivity contribution >= 4 is 60.7 Å². The van der Waals surface area contributed by atoms with Gasteiger partial charge in [-0.05, 0) is 93.5 Å². The van der Waals surface area contributed by atoms with Gasteiger partial charge in [-0.25, -0.2) is 4.99 Å². The Morgan fingerprint density at radius 3 is 2.63 bits per heavy atom. The van der Waals surface area contributed by atoms with Crippen LogP contribution in [0.3, 0.4) is 0 Å². The minimum absolute atomic E-state index is 0.0158. The van der Waals surface area contributed by atoms with Gasteiger partial charge in [0.25, 0.3) is 11.2 Å². The molecular formula is C35H25Br2N3O5S. The molecule has 1 aliphatic carbocycles. The Morgan fingerprint density at radius 1 is 1.04 bits per heavy atom. The zero-order chi connectivity index (χ0) is 31.9. The highest BCUT2D eigenvalue weighted by Crippen LogP contribution is 2.42. The molecule has 2 heterocycles. The number of aryl methyl sites for hydroxylation is 1. The fraction of sp³-hybridized carbons (Fsp3) is 0.143. The number of methoxy groups -OCH3 is 1. The van der Waals surface area contributed by atoms with E-state index < -0.39 is 4.92 Å². The van der Waals surface area contributed by atoms with Crippen molar-refractivity contribution < 1.29 is 14.4 Å². The molecule has 0 N–H and O–H groups in total. The number of thiazole rings is 1. The first-order chi connectivity index (χ1) is 22.3. The number of hydrogen-bond acceptors (Lipinski definition) is 7. The third-order valence-electron chi connectivity index (χ3n) is 8.14. The van der Waals surface area contributed by atoms with Crippen LogP contribution in [0.25, 0.3) is 11.8 Å². The van der Waals surface area contributed by atoms with E-state index in [-0.39, 0.29) is 23.9 Å². The summed E-state index contributed by atoms with van der Waals surface area (Å²) in [6, 6.07) is 25.9. The van der Waals surface area contributed by atoms with Gasteiger partial charge in [-0.2, -0.15) is 0 Å². The molecule has 7 rings (SSSR count). The molecule has 0 unspecified atom stereocenters. The highest BCUT2D eigenvalue weighted by Gasteiger charge is 2.32. The second kappa shape index (κ2) is 12.5.